The van der Waals surface area contributed by atoms with Crippen LogP contribution in [0.3, 0.4) is 0 Å². The van der Waals surface area contributed by atoms with Crippen molar-refractivity contribution in [1.82, 2.24) is 29.9 Å². The molecule has 1 saturated heterocycles. The van der Waals surface area contributed by atoms with Gasteiger partial charge in [0, 0.05) is 36.7 Å². The quantitative estimate of drug-likeness (QED) is 0.297. The predicted octanol–water partition coefficient (Wildman–Crippen LogP) is 4.52. The number of unbranched alkanes of at least 4 members (excludes halogenated alkanes) is 1. The van der Waals surface area contributed by atoms with Crippen LogP contribution in [-0.4, -0.2) is 114 Å². The number of ether oxygens (including phenoxy) is 1. The molecule has 3 heterocycles. The number of amidine groups is 1. The summed E-state index contributed by atoms with van der Waals surface area (Å²) in [6, 6.07) is 15.5. The van der Waals surface area contributed by atoms with Gasteiger partial charge in [-0.15, -0.1) is 0 Å². The van der Waals surface area contributed by atoms with Gasteiger partial charge < -0.3 is 29.7 Å². The SMILES string of the molecule is CN(C)CCCC[C@H](C(=O)N1CCN(C2=NC(C)(C)C(c3ccccc3)O2)C[C@H]1C(=O)NCc1ccc2[nH]cc(Cl)c2c1)N(C)C. The molecular formula is C35H48ClN7O3. The minimum atomic E-state index is -0.713. The van der Waals surface area contributed by atoms with E-state index in [9.17, 15) is 9.59 Å². The number of hydrogen-bond donors (Lipinski definition) is 2. The summed E-state index contributed by atoms with van der Waals surface area (Å²) in [5, 5.41) is 4.66. The zero-order chi connectivity index (χ0) is 33.0. The molecule has 0 saturated carbocycles. The van der Waals surface area contributed by atoms with Gasteiger partial charge in [0.25, 0.3) is 6.02 Å². The van der Waals surface area contributed by atoms with Crippen LogP contribution in [0.5, 0.6) is 0 Å². The zero-order valence-electron chi connectivity index (χ0n) is 27.9. The van der Waals surface area contributed by atoms with Crippen LogP contribution in [0.4, 0.5) is 0 Å². The zero-order valence-corrected chi connectivity index (χ0v) is 28.7. The summed E-state index contributed by atoms with van der Waals surface area (Å²) in [5.41, 5.74) is 2.43. The number of aromatic nitrogens is 1. The summed E-state index contributed by atoms with van der Waals surface area (Å²) in [6.45, 7) is 6.62. The molecule has 10 nitrogen and oxygen atoms in total. The van der Waals surface area contributed by atoms with Gasteiger partial charge in [0.2, 0.25) is 11.8 Å². The third-order valence-corrected chi connectivity index (χ3v) is 9.30. The number of carbonyl (C=O) groups is 2. The first-order valence-corrected chi connectivity index (χ1v) is 16.5. The number of carbonyl (C=O) groups excluding carboxylic acids is 2. The topological polar surface area (TPSA) is 96.5 Å². The Morgan fingerprint density at radius 2 is 1.87 bits per heavy atom. The van der Waals surface area contributed by atoms with Crippen molar-refractivity contribution in [3.05, 3.63) is 70.9 Å². The summed E-state index contributed by atoms with van der Waals surface area (Å²) in [6.07, 6.45) is 4.18. The molecule has 2 aliphatic heterocycles. The Hall–Kier alpha value is -3.60. The highest BCUT2D eigenvalue weighted by atomic mass is 35.5. The van der Waals surface area contributed by atoms with Crippen LogP contribution < -0.4 is 5.32 Å². The van der Waals surface area contributed by atoms with Gasteiger partial charge in [-0.3, -0.25) is 14.5 Å². The van der Waals surface area contributed by atoms with E-state index in [0.717, 1.165) is 47.8 Å². The highest BCUT2D eigenvalue weighted by molar-refractivity contribution is 6.35. The molecular weight excluding hydrogens is 602 g/mol. The Balaban J connectivity index is 1.35. The lowest BCUT2D eigenvalue weighted by Gasteiger charge is -2.42. The number of H-pyrrole nitrogens is 1. The minimum Gasteiger partial charge on any atom is -0.454 e. The Bertz CT molecular complexity index is 1540. The molecule has 1 fully saturated rings. The number of aliphatic imine (C=N–C) groups is 1. The third-order valence-electron chi connectivity index (χ3n) is 8.99. The van der Waals surface area contributed by atoms with Crippen molar-refractivity contribution < 1.29 is 14.3 Å². The maximum absolute atomic E-state index is 14.2. The normalized spacial score (nSPS) is 20.2. The van der Waals surface area contributed by atoms with Crippen LogP contribution in [0.25, 0.3) is 10.9 Å². The molecule has 2 aromatic carbocycles. The van der Waals surface area contributed by atoms with Gasteiger partial charge in [-0.25, -0.2) is 4.99 Å². The van der Waals surface area contributed by atoms with Gasteiger partial charge in [-0.2, -0.15) is 0 Å². The van der Waals surface area contributed by atoms with E-state index in [1.165, 1.54) is 0 Å². The Morgan fingerprint density at radius 1 is 1.11 bits per heavy atom. The number of hydrogen-bond acceptors (Lipinski definition) is 7. The Labute approximate surface area is 277 Å². The number of nitrogens with zero attached hydrogens (tertiary/aromatic N) is 5. The molecule has 2 aliphatic rings. The number of fused-ring (bicyclic) bond motifs is 1. The number of halogens is 1. The summed E-state index contributed by atoms with van der Waals surface area (Å²) < 4.78 is 6.48. The molecule has 0 bridgehead atoms. The largest absolute Gasteiger partial charge is 0.454 e. The molecule has 0 radical (unpaired) electrons. The molecule has 0 aliphatic carbocycles. The van der Waals surface area contributed by atoms with Crippen LogP contribution in [0.1, 0.15) is 50.3 Å². The standard InChI is InChI=1S/C35H48ClN7O3/c1-35(2)31(25-12-8-7-9-13-25)46-34(39-35)42-18-19-43(33(45)29(41(5)6)14-10-11-17-40(3)4)30(23-42)32(44)38-21-24-15-16-28-26(20-24)27(36)22-37-28/h7-9,12-13,15-16,20,22,29-31,37H,10-11,14,17-19,21,23H2,1-6H3,(H,38,44)/t29-,30+,31?/m1/s1. The fourth-order valence-electron chi connectivity index (χ4n) is 6.39. The molecule has 3 atom stereocenters. The van der Waals surface area contributed by atoms with Gasteiger partial charge in [0.05, 0.1) is 17.6 Å². The molecule has 3 aromatic rings. The average Bonchev–Trinajstić information content (AvgIpc) is 3.57. The van der Waals surface area contributed by atoms with Crippen molar-refractivity contribution in [1.29, 1.82) is 0 Å². The number of rotatable bonds is 11. The van der Waals surface area contributed by atoms with Gasteiger partial charge >= 0.3 is 0 Å². The number of piperazine rings is 1. The van der Waals surface area contributed by atoms with Crippen LogP contribution in [0.2, 0.25) is 5.02 Å². The van der Waals surface area contributed by atoms with Gasteiger partial charge in [-0.1, -0.05) is 54.4 Å². The van der Waals surface area contributed by atoms with Crippen molar-refractivity contribution in [3.8, 4) is 0 Å². The molecule has 11 heteroatoms. The van der Waals surface area contributed by atoms with E-state index in [2.05, 4.69) is 55.3 Å². The monoisotopic (exact) mass is 649 g/mol. The number of aromatic amines is 1. The fourth-order valence-corrected chi connectivity index (χ4v) is 6.60. The Morgan fingerprint density at radius 3 is 2.59 bits per heavy atom. The molecule has 1 unspecified atom stereocenters. The van der Waals surface area contributed by atoms with Crippen molar-refractivity contribution >= 4 is 40.3 Å². The maximum Gasteiger partial charge on any atom is 0.288 e. The molecule has 46 heavy (non-hydrogen) atoms. The van der Waals surface area contributed by atoms with E-state index < -0.39 is 11.6 Å². The number of likely N-dealkylation sites (N-methyl/N-ethyl adjacent to an activating group) is 1. The van der Waals surface area contributed by atoms with E-state index in [0.29, 0.717) is 30.7 Å². The number of benzene rings is 2. The smallest absolute Gasteiger partial charge is 0.288 e. The summed E-state index contributed by atoms with van der Waals surface area (Å²) in [7, 11) is 8.00. The molecule has 5 rings (SSSR count). The van der Waals surface area contributed by atoms with Crippen LogP contribution in [-0.2, 0) is 20.9 Å². The maximum atomic E-state index is 14.2. The van der Waals surface area contributed by atoms with Crippen LogP contribution in [0, 0.1) is 0 Å². The minimum absolute atomic E-state index is 0.0213. The molecule has 0 spiro atoms. The van der Waals surface area contributed by atoms with Gasteiger partial charge in [0.15, 0.2) is 6.10 Å². The van der Waals surface area contributed by atoms with E-state index in [4.69, 9.17) is 21.3 Å². The lowest BCUT2D eigenvalue weighted by Crippen LogP contribution is -2.64. The average molecular weight is 650 g/mol. The van der Waals surface area contributed by atoms with Crippen LogP contribution >= 0.6 is 11.6 Å². The third kappa shape index (κ3) is 7.67. The van der Waals surface area contributed by atoms with Crippen LogP contribution in [0.15, 0.2) is 59.7 Å². The first kappa shape index (κ1) is 33.8. The number of nitrogens with one attached hydrogen (secondary N) is 2. The molecule has 2 amide bonds. The highest BCUT2D eigenvalue weighted by Crippen LogP contribution is 2.38. The van der Waals surface area contributed by atoms with E-state index in [1.807, 2.05) is 60.3 Å². The fraction of sp³-hybridized carbons (Fsp3) is 0.514. The van der Waals surface area contributed by atoms with E-state index in [1.54, 1.807) is 11.1 Å². The first-order chi connectivity index (χ1) is 21.9. The van der Waals surface area contributed by atoms with Crippen molar-refractivity contribution in [2.45, 2.75) is 63.4 Å². The van der Waals surface area contributed by atoms with Crippen molar-refractivity contribution in [2.24, 2.45) is 4.99 Å². The first-order valence-electron chi connectivity index (χ1n) is 16.2. The molecule has 2 N–H and O–H groups in total. The summed E-state index contributed by atoms with van der Waals surface area (Å²) >= 11 is 6.35. The summed E-state index contributed by atoms with van der Waals surface area (Å²) in [5.74, 6) is -0.229. The second kappa shape index (κ2) is 14.4. The number of amides is 2. The molecule has 1 aromatic heterocycles. The lowest BCUT2D eigenvalue weighted by molar-refractivity contribution is -0.147. The van der Waals surface area contributed by atoms with Crippen molar-refractivity contribution in [2.75, 3.05) is 54.4 Å². The van der Waals surface area contributed by atoms with Gasteiger partial charge in [-0.05, 0) is 84.7 Å². The predicted molar refractivity (Wildman–Crippen MR) is 184 cm³/mol. The molecule has 248 valence electrons. The highest BCUT2D eigenvalue weighted by Gasteiger charge is 2.45. The van der Waals surface area contributed by atoms with E-state index >= 15 is 0 Å². The van der Waals surface area contributed by atoms with E-state index in [-0.39, 0.29) is 30.5 Å². The second-order valence-electron chi connectivity index (χ2n) is 13.5. The van der Waals surface area contributed by atoms with Gasteiger partial charge in [0.1, 0.15) is 11.6 Å². The van der Waals surface area contributed by atoms with Crippen molar-refractivity contribution in [3.63, 3.8) is 0 Å². The Kier molecular flexibility index (Phi) is 10.6. The second-order valence-corrected chi connectivity index (χ2v) is 13.9. The summed E-state index contributed by atoms with van der Waals surface area (Å²) in [4.78, 5) is 44.2. The lowest BCUT2D eigenvalue weighted by atomic mass is 9.93.